The van der Waals surface area contributed by atoms with Crippen molar-refractivity contribution in [3.8, 4) is 5.75 Å². The molecular formula is C17H23N3OS2. The first-order valence-corrected chi connectivity index (χ1v) is 8.96. The topological polar surface area (TPSA) is 47.0 Å². The van der Waals surface area contributed by atoms with Crippen LogP contribution in [0.4, 0.5) is 5.13 Å². The van der Waals surface area contributed by atoms with E-state index < -0.39 is 0 Å². The standard InChI is InChI=1S/C17H23N3OS2/c1-6-17(4,7-2)15-19-20-16(23-15)18-14(22)13-11(3)9-8-10-12(13)21-5/h8-10H,6-7H2,1-5H3,(H,18,20,22). The van der Waals surface area contributed by atoms with Crippen molar-refractivity contribution in [2.75, 3.05) is 12.4 Å². The summed E-state index contributed by atoms with van der Waals surface area (Å²) < 4.78 is 5.42. The van der Waals surface area contributed by atoms with Gasteiger partial charge in [0.2, 0.25) is 5.13 Å². The van der Waals surface area contributed by atoms with E-state index in [0.717, 1.165) is 39.9 Å². The van der Waals surface area contributed by atoms with Crippen molar-refractivity contribution in [3.05, 3.63) is 34.3 Å². The summed E-state index contributed by atoms with van der Waals surface area (Å²) in [7, 11) is 1.65. The van der Waals surface area contributed by atoms with Crippen LogP contribution in [-0.2, 0) is 5.41 Å². The van der Waals surface area contributed by atoms with Gasteiger partial charge >= 0.3 is 0 Å². The number of methoxy groups -OCH3 is 1. The van der Waals surface area contributed by atoms with Crippen LogP contribution in [0.1, 0.15) is 49.7 Å². The largest absolute Gasteiger partial charge is 0.496 e. The third kappa shape index (κ3) is 3.70. The quantitative estimate of drug-likeness (QED) is 0.765. The molecule has 0 saturated heterocycles. The SMILES string of the molecule is CCC(C)(CC)c1nnc(NC(=S)c2c(C)cccc2OC)s1. The second-order valence-electron chi connectivity index (χ2n) is 5.79. The first-order chi connectivity index (χ1) is 10.9. The van der Waals surface area contributed by atoms with Crippen LogP contribution in [0.25, 0.3) is 0 Å². The lowest BCUT2D eigenvalue weighted by Crippen LogP contribution is -2.19. The van der Waals surface area contributed by atoms with Crippen molar-refractivity contribution in [3.63, 3.8) is 0 Å². The molecule has 0 bridgehead atoms. The highest BCUT2D eigenvalue weighted by atomic mass is 32.1. The minimum atomic E-state index is 0.0690. The van der Waals surface area contributed by atoms with Gasteiger partial charge in [-0.05, 0) is 31.4 Å². The van der Waals surface area contributed by atoms with Crippen LogP contribution < -0.4 is 10.1 Å². The Bertz CT molecular complexity index is 693. The molecule has 1 aromatic heterocycles. The average Bonchev–Trinajstić information content (AvgIpc) is 3.02. The lowest BCUT2D eigenvalue weighted by atomic mass is 9.86. The molecule has 2 aromatic rings. The Morgan fingerprint density at radius 1 is 1.30 bits per heavy atom. The molecule has 0 fully saturated rings. The van der Waals surface area contributed by atoms with Crippen LogP contribution >= 0.6 is 23.6 Å². The maximum Gasteiger partial charge on any atom is 0.210 e. The fourth-order valence-electron chi connectivity index (χ4n) is 2.33. The van der Waals surface area contributed by atoms with Gasteiger partial charge in [-0.1, -0.05) is 56.5 Å². The maximum atomic E-state index is 5.55. The first kappa shape index (κ1) is 17.8. The second kappa shape index (κ2) is 7.36. The Morgan fingerprint density at radius 2 is 2.00 bits per heavy atom. The molecule has 0 amide bonds. The van der Waals surface area contributed by atoms with Crippen molar-refractivity contribution in [2.24, 2.45) is 0 Å². The number of hydrogen-bond donors (Lipinski definition) is 1. The van der Waals surface area contributed by atoms with Gasteiger partial charge in [-0.2, -0.15) is 0 Å². The number of anilines is 1. The van der Waals surface area contributed by atoms with Crippen molar-refractivity contribution < 1.29 is 4.74 Å². The Kier molecular flexibility index (Phi) is 5.70. The zero-order valence-electron chi connectivity index (χ0n) is 14.3. The Labute approximate surface area is 147 Å². The van der Waals surface area contributed by atoms with Crippen LogP contribution in [0.3, 0.4) is 0 Å². The van der Waals surface area contributed by atoms with Gasteiger partial charge in [0.25, 0.3) is 0 Å². The second-order valence-corrected chi connectivity index (χ2v) is 7.17. The molecule has 1 heterocycles. The number of hydrogen-bond acceptors (Lipinski definition) is 5. The monoisotopic (exact) mass is 349 g/mol. The molecule has 6 heteroatoms. The highest BCUT2D eigenvalue weighted by Crippen LogP contribution is 2.34. The highest BCUT2D eigenvalue weighted by Gasteiger charge is 2.27. The lowest BCUT2D eigenvalue weighted by Gasteiger charge is -2.22. The van der Waals surface area contributed by atoms with E-state index in [1.807, 2.05) is 25.1 Å². The number of aryl methyl sites for hydroxylation is 1. The van der Waals surface area contributed by atoms with E-state index in [1.54, 1.807) is 18.4 Å². The van der Waals surface area contributed by atoms with Crippen molar-refractivity contribution in [1.29, 1.82) is 0 Å². The molecule has 0 atom stereocenters. The smallest absolute Gasteiger partial charge is 0.210 e. The normalized spacial score (nSPS) is 11.3. The number of aromatic nitrogens is 2. The molecular weight excluding hydrogens is 326 g/mol. The average molecular weight is 350 g/mol. The van der Waals surface area contributed by atoms with Gasteiger partial charge < -0.3 is 10.1 Å². The molecule has 0 aliphatic rings. The molecule has 0 aliphatic carbocycles. The number of nitrogens with zero attached hydrogens (tertiary/aromatic N) is 2. The zero-order chi connectivity index (χ0) is 17.0. The maximum absolute atomic E-state index is 5.55. The first-order valence-electron chi connectivity index (χ1n) is 7.74. The fraction of sp³-hybridized carbons (Fsp3) is 0.471. The number of thiocarbonyl (C=S) groups is 1. The molecule has 0 saturated carbocycles. The Hall–Kier alpha value is -1.53. The number of rotatable bonds is 6. The molecule has 2 rings (SSSR count). The molecule has 0 spiro atoms. The molecule has 0 unspecified atom stereocenters. The minimum absolute atomic E-state index is 0.0690. The lowest BCUT2D eigenvalue weighted by molar-refractivity contribution is 0.413. The Morgan fingerprint density at radius 3 is 2.61 bits per heavy atom. The van der Waals surface area contributed by atoms with E-state index in [1.165, 1.54) is 0 Å². The van der Waals surface area contributed by atoms with Gasteiger partial charge in [0.05, 0.1) is 12.7 Å². The Balaban J connectivity index is 2.24. The van der Waals surface area contributed by atoms with Crippen LogP contribution in [-0.4, -0.2) is 22.3 Å². The summed E-state index contributed by atoms with van der Waals surface area (Å²) in [6, 6.07) is 5.88. The molecule has 4 nitrogen and oxygen atoms in total. The summed E-state index contributed by atoms with van der Waals surface area (Å²) >= 11 is 7.12. The third-order valence-corrected chi connectivity index (χ3v) is 5.86. The molecule has 124 valence electrons. The molecule has 23 heavy (non-hydrogen) atoms. The van der Waals surface area contributed by atoms with Gasteiger partial charge in [-0.3, -0.25) is 0 Å². The fourth-order valence-corrected chi connectivity index (χ4v) is 3.79. The minimum Gasteiger partial charge on any atom is -0.496 e. The van der Waals surface area contributed by atoms with E-state index >= 15 is 0 Å². The van der Waals surface area contributed by atoms with E-state index in [4.69, 9.17) is 17.0 Å². The van der Waals surface area contributed by atoms with Gasteiger partial charge in [-0.15, -0.1) is 10.2 Å². The van der Waals surface area contributed by atoms with E-state index in [2.05, 4.69) is 36.3 Å². The predicted molar refractivity (Wildman–Crippen MR) is 101 cm³/mol. The summed E-state index contributed by atoms with van der Waals surface area (Å²) in [6.45, 7) is 8.60. The summed E-state index contributed by atoms with van der Waals surface area (Å²) in [6.07, 6.45) is 2.07. The van der Waals surface area contributed by atoms with Gasteiger partial charge in [0.1, 0.15) is 15.7 Å². The zero-order valence-corrected chi connectivity index (χ0v) is 15.9. The van der Waals surface area contributed by atoms with Crippen LogP contribution in [0.5, 0.6) is 5.75 Å². The summed E-state index contributed by atoms with van der Waals surface area (Å²) in [4.78, 5) is 0.609. The molecule has 1 N–H and O–H groups in total. The van der Waals surface area contributed by atoms with Gasteiger partial charge in [0.15, 0.2) is 0 Å². The number of benzene rings is 1. The third-order valence-electron chi connectivity index (χ3n) is 4.40. The summed E-state index contributed by atoms with van der Waals surface area (Å²) in [5.74, 6) is 0.763. The molecule has 0 aliphatic heterocycles. The highest BCUT2D eigenvalue weighted by molar-refractivity contribution is 7.81. The predicted octanol–water partition coefficient (Wildman–Crippen LogP) is 4.72. The van der Waals surface area contributed by atoms with Crippen molar-refractivity contribution in [2.45, 2.75) is 46.0 Å². The summed E-state index contributed by atoms with van der Waals surface area (Å²) in [5.41, 5.74) is 2.04. The number of ether oxygens (including phenoxy) is 1. The van der Waals surface area contributed by atoms with Gasteiger partial charge in [-0.25, -0.2) is 0 Å². The van der Waals surface area contributed by atoms with Crippen molar-refractivity contribution >= 4 is 33.7 Å². The van der Waals surface area contributed by atoms with E-state index in [-0.39, 0.29) is 5.41 Å². The summed E-state index contributed by atoms with van der Waals surface area (Å²) in [5, 5.41) is 13.6. The van der Waals surface area contributed by atoms with E-state index in [0.29, 0.717) is 4.99 Å². The van der Waals surface area contributed by atoms with E-state index in [9.17, 15) is 0 Å². The number of nitrogens with one attached hydrogen (secondary N) is 1. The van der Waals surface area contributed by atoms with Gasteiger partial charge in [0, 0.05) is 5.41 Å². The van der Waals surface area contributed by atoms with Crippen LogP contribution in [0.2, 0.25) is 0 Å². The molecule has 1 aromatic carbocycles. The van der Waals surface area contributed by atoms with Crippen LogP contribution in [0.15, 0.2) is 18.2 Å². The van der Waals surface area contributed by atoms with Crippen LogP contribution in [0, 0.1) is 6.92 Å². The van der Waals surface area contributed by atoms with Crippen molar-refractivity contribution in [1.82, 2.24) is 10.2 Å². The molecule has 0 radical (unpaired) electrons.